The van der Waals surface area contributed by atoms with E-state index in [0.717, 1.165) is 6.54 Å². The largest absolute Gasteiger partial charge is 0.258 e. The number of hydrogen-bond acceptors (Lipinski definition) is 2. The first-order valence-corrected chi connectivity index (χ1v) is 6.94. The second kappa shape index (κ2) is 5.55. The van der Waals surface area contributed by atoms with Gasteiger partial charge in [-0.2, -0.15) is 0 Å². The van der Waals surface area contributed by atoms with Crippen LogP contribution in [-0.4, -0.2) is 24.6 Å². The van der Waals surface area contributed by atoms with Crippen molar-refractivity contribution in [1.29, 1.82) is 0 Å². The maximum atomic E-state index is 3.30. The zero-order valence-electron chi connectivity index (χ0n) is 11.3. The molecule has 0 saturated carbocycles. The standard InChI is InChI=1S/C17H20N2/c1-18-19-13-12-16(19)17(14-8-4-2-5-9-14)15-10-6-3-7-11-15/h2-11,16-18H,12-13H2,1H3. The highest BCUT2D eigenvalue weighted by Crippen LogP contribution is 2.35. The molecular weight excluding hydrogens is 232 g/mol. The molecule has 0 radical (unpaired) electrons. The highest BCUT2D eigenvalue weighted by Gasteiger charge is 2.35. The minimum atomic E-state index is 0.448. The van der Waals surface area contributed by atoms with Crippen LogP contribution in [0.15, 0.2) is 60.7 Å². The Morgan fingerprint density at radius 1 is 0.947 bits per heavy atom. The highest BCUT2D eigenvalue weighted by atomic mass is 15.5. The lowest BCUT2D eigenvalue weighted by molar-refractivity contribution is 0.0323. The Bertz CT molecular complexity index is 468. The van der Waals surface area contributed by atoms with Crippen molar-refractivity contribution in [2.24, 2.45) is 0 Å². The first-order valence-electron chi connectivity index (χ1n) is 6.94. The molecule has 1 unspecified atom stereocenters. The Balaban J connectivity index is 1.97. The molecule has 0 amide bonds. The van der Waals surface area contributed by atoms with Gasteiger partial charge in [0.2, 0.25) is 0 Å². The van der Waals surface area contributed by atoms with E-state index in [4.69, 9.17) is 0 Å². The molecule has 1 saturated heterocycles. The van der Waals surface area contributed by atoms with Crippen molar-refractivity contribution in [3.8, 4) is 0 Å². The van der Waals surface area contributed by atoms with Crippen LogP contribution in [0.4, 0.5) is 0 Å². The Kier molecular flexibility index (Phi) is 3.62. The van der Waals surface area contributed by atoms with Crippen LogP contribution in [-0.2, 0) is 0 Å². The van der Waals surface area contributed by atoms with E-state index >= 15 is 0 Å². The third kappa shape index (κ3) is 2.42. The van der Waals surface area contributed by atoms with Crippen LogP contribution in [0.1, 0.15) is 23.5 Å². The van der Waals surface area contributed by atoms with Gasteiger partial charge in [-0.25, -0.2) is 5.01 Å². The van der Waals surface area contributed by atoms with Gasteiger partial charge in [0.25, 0.3) is 0 Å². The van der Waals surface area contributed by atoms with Crippen molar-refractivity contribution >= 4 is 0 Å². The predicted molar refractivity (Wildman–Crippen MR) is 78.9 cm³/mol. The van der Waals surface area contributed by atoms with E-state index in [2.05, 4.69) is 71.1 Å². The molecule has 0 bridgehead atoms. The lowest BCUT2D eigenvalue weighted by Crippen LogP contribution is -2.56. The van der Waals surface area contributed by atoms with E-state index in [1.54, 1.807) is 0 Å². The fraction of sp³-hybridized carbons (Fsp3) is 0.294. The summed E-state index contributed by atoms with van der Waals surface area (Å²) in [6, 6.07) is 22.2. The van der Waals surface area contributed by atoms with Gasteiger partial charge in [0, 0.05) is 18.5 Å². The molecule has 1 heterocycles. The summed E-state index contributed by atoms with van der Waals surface area (Å²) in [7, 11) is 2.01. The van der Waals surface area contributed by atoms with Crippen molar-refractivity contribution < 1.29 is 0 Å². The first-order chi connectivity index (χ1) is 9.40. The summed E-state index contributed by atoms with van der Waals surface area (Å²) >= 11 is 0. The molecule has 0 spiro atoms. The van der Waals surface area contributed by atoms with E-state index < -0.39 is 0 Å². The van der Waals surface area contributed by atoms with Crippen LogP contribution < -0.4 is 5.43 Å². The molecule has 19 heavy (non-hydrogen) atoms. The summed E-state index contributed by atoms with van der Waals surface area (Å²) in [5.74, 6) is 0.448. The molecule has 0 aliphatic carbocycles. The number of nitrogens with one attached hydrogen (secondary N) is 1. The van der Waals surface area contributed by atoms with Crippen molar-refractivity contribution in [3.05, 3.63) is 71.8 Å². The zero-order valence-corrected chi connectivity index (χ0v) is 11.3. The van der Waals surface area contributed by atoms with Gasteiger partial charge in [0.15, 0.2) is 0 Å². The van der Waals surface area contributed by atoms with E-state index in [1.165, 1.54) is 17.5 Å². The van der Waals surface area contributed by atoms with Crippen LogP contribution in [0, 0.1) is 0 Å². The SMILES string of the molecule is CNN1CCC1C(c1ccccc1)c1ccccc1. The Morgan fingerprint density at radius 3 is 1.84 bits per heavy atom. The van der Waals surface area contributed by atoms with Crippen LogP contribution >= 0.6 is 0 Å². The monoisotopic (exact) mass is 252 g/mol. The van der Waals surface area contributed by atoms with Crippen LogP contribution in [0.25, 0.3) is 0 Å². The van der Waals surface area contributed by atoms with Gasteiger partial charge in [-0.1, -0.05) is 60.7 Å². The van der Waals surface area contributed by atoms with Gasteiger partial charge in [-0.15, -0.1) is 0 Å². The van der Waals surface area contributed by atoms with E-state index in [1.807, 2.05) is 7.05 Å². The van der Waals surface area contributed by atoms with Crippen molar-refractivity contribution in [1.82, 2.24) is 10.4 Å². The fourth-order valence-corrected chi connectivity index (χ4v) is 2.99. The Labute approximate surface area is 115 Å². The number of hydrazine groups is 1. The second-order valence-electron chi connectivity index (χ2n) is 5.07. The van der Waals surface area contributed by atoms with Gasteiger partial charge in [-0.3, -0.25) is 5.43 Å². The number of hydrogen-bond donors (Lipinski definition) is 1. The second-order valence-corrected chi connectivity index (χ2v) is 5.07. The first kappa shape index (κ1) is 12.4. The topological polar surface area (TPSA) is 15.3 Å². The summed E-state index contributed by atoms with van der Waals surface area (Å²) in [6.45, 7) is 1.14. The van der Waals surface area contributed by atoms with Crippen molar-refractivity contribution in [2.45, 2.75) is 18.4 Å². The Hall–Kier alpha value is -1.64. The predicted octanol–water partition coefficient (Wildman–Crippen LogP) is 3.03. The molecule has 1 fully saturated rings. The number of rotatable bonds is 4. The zero-order chi connectivity index (χ0) is 13.1. The Morgan fingerprint density at radius 2 is 1.47 bits per heavy atom. The third-order valence-electron chi connectivity index (χ3n) is 4.06. The maximum absolute atomic E-state index is 3.30. The lowest BCUT2D eigenvalue weighted by Gasteiger charge is -2.45. The molecular formula is C17H20N2. The maximum Gasteiger partial charge on any atom is 0.0365 e. The average Bonchev–Trinajstić information content (AvgIpc) is 2.46. The molecule has 2 heteroatoms. The van der Waals surface area contributed by atoms with Gasteiger partial charge in [-0.05, 0) is 24.6 Å². The third-order valence-corrected chi connectivity index (χ3v) is 4.06. The van der Waals surface area contributed by atoms with Crippen LogP contribution in [0.5, 0.6) is 0 Å². The minimum absolute atomic E-state index is 0.448. The fourth-order valence-electron chi connectivity index (χ4n) is 2.99. The van der Waals surface area contributed by atoms with Gasteiger partial charge in [0.1, 0.15) is 0 Å². The summed E-state index contributed by atoms with van der Waals surface area (Å²) in [5.41, 5.74) is 6.11. The molecule has 3 rings (SSSR count). The molecule has 1 aliphatic heterocycles. The summed E-state index contributed by atoms with van der Waals surface area (Å²) < 4.78 is 0. The molecule has 1 aliphatic rings. The minimum Gasteiger partial charge on any atom is -0.258 e. The van der Waals surface area contributed by atoms with E-state index in [0.29, 0.717) is 12.0 Å². The quantitative estimate of drug-likeness (QED) is 0.900. The normalized spacial score (nSPS) is 19.4. The van der Waals surface area contributed by atoms with Gasteiger partial charge < -0.3 is 0 Å². The van der Waals surface area contributed by atoms with Gasteiger partial charge in [0.05, 0.1) is 0 Å². The van der Waals surface area contributed by atoms with Crippen molar-refractivity contribution in [3.63, 3.8) is 0 Å². The van der Waals surface area contributed by atoms with Crippen LogP contribution in [0.2, 0.25) is 0 Å². The molecule has 0 aromatic heterocycles. The summed E-state index contributed by atoms with van der Waals surface area (Å²) in [5, 5.41) is 2.34. The average molecular weight is 252 g/mol. The molecule has 1 N–H and O–H groups in total. The van der Waals surface area contributed by atoms with Crippen LogP contribution in [0.3, 0.4) is 0 Å². The summed E-state index contributed by atoms with van der Waals surface area (Å²) in [6.07, 6.45) is 1.25. The summed E-state index contributed by atoms with van der Waals surface area (Å²) in [4.78, 5) is 0. The number of benzene rings is 2. The van der Waals surface area contributed by atoms with E-state index in [-0.39, 0.29) is 0 Å². The molecule has 2 aromatic carbocycles. The highest BCUT2D eigenvalue weighted by molar-refractivity contribution is 5.35. The lowest BCUT2D eigenvalue weighted by atomic mass is 9.80. The molecule has 98 valence electrons. The van der Waals surface area contributed by atoms with Gasteiger partial charge >= 0.3 is 0 Å². The molecule has 2 aromatic rings. The number of nitrogens with zero attached hydrogens (tertiary/aromatic N) is 1. The van der Waals surface area contributed by atoms with E-state index in [9.17, 15) is 0 Å². The van der Waals surface area contributed by atoms with Crippen molar-refractivity contribution in [2.75, 3.05) is 13.6 Å². The smallest absolute Gasteiger partial charge is 0.0365 e. The molecule has 1 atom stereocenters. The molecule has 2 nitrogen and oxygen atoms in total.